The molecule has 0 spiro atoms. The lowest BCUT2D eigenvalue weighted by atomic mass is 10.00. The Balaban J connectivity index is 1.97. The van der Waals surface area contributed by atoms with E-state index in [4.69, 9.17) is 16.3 Å². The zero-order chi connectivity index (χ0) is 24.0. The van der Waals surface area contributed by atoms with Crippen LogP contribution in [0.2, 0.25) is 5.02 Å². The van der Waals surface area contributed by atoms with Gasteiger partial charge in [-0.1, -0.05) is 86.1 Å². The first-order valence-electron chi connectivity index (χ1n) is 10.4. The minimum atomic E-state index is -3.90. The van der Waals surface area contributed by atoms with E-state index in [-0.39, 0.29) is 34.4 Å². The van der Waals surface area contributed by atoms with E-state index in [2.05, 4.69) is 0 Å². The minimum absolute atomic E-state index is 0.00146. The second kappa shape index (κ2) is 10.7. The van der Waals surface area contributed by atoms with Crippen LogP contribution in [-0.4, -0.2) is 37.6 Å². The Hall–Kier alpha value is -3.00. The number of rotatable bonds is 9. The Morgan fingerprint density at radius 3 is 2.03 bits per heavy atom. The van der Waals surface area contributed by atoms with Crippen molar-refractivity contribution in [2.24, 2.45) is 0 Å². The van der Waals surface area contributed by atoms with Gasteiger partial charge in [-0.3, -0.25) is 4.79 Å². The van der Waals surface area contributed by atoms with Gasteiger partial charge in [0.05, 0.1) is 10.6 Å². The summed E-state index contributed by atoms with van der Waals surface area (Å²) in [5.74, 6) is -1.22. The molecule has 3 aromatic carbocycles. The minimum Gasteiger partial charge on any atom is -0.445 e. The molecule has 0 aromatic heterocycles. The smallest absolute Gasteiger partial charge is 0.339 e. The summed E-state index contributed by atoms with van der Waals surface area (Å²) in [7, 11) is -3.90. The number of halogens is 1. The first-order valence-corrected chi connectivity index (χ1v) is 12.3. The highest BCUT2D eigenvalue weighted by Crippen LogP contribution is 2.28. The molecule has 0 amide bonds. The fourth-order valence-corrected chi connectivity index (χ4v) is 5.32. The number of esters is 1. The second-order valence-corrected chi connectivity index (χ2v) is 9.47. The summed E-state index contributed by atoms with van der Waals surface area (Å²) in [6, 6.07) is 21.1. The fraction of sp³-hybridized carbons (Fsp3) is 0.200. The molecule has 0 aliphatic carbocycles. The van der Waals surface area contributed by atoms with Crippen LogP contribution in [0.1, 0.15) is 46.2 Å². The van der Waals surface area contributed by atoms with Crippen molar-refractivity contribution < 1.29 is 22.7 Å². The highest BCUT2D eigenvalue weighted by molar-refractivity contribution is 7.89. The van der Waals surface area contributed by atoms with Gasteiger partial charge in [-0.15, -0.1) is 0 Å². The lowest BCUT2D eigenvalue weighted by Crippen LogP contribution is -2.31. The van der Waals surface area contributed by atoms with Crippen LogP contribution in [0.15, 0.2) is 83.8 Å². The van der Waals surface area contributed by atoms with Gasteiger partial charge in [0.25, 0.3) is 0 Å². The van der Waals surface area contributed by atoms with Crippen LogP contribution in [0.3, 0.4) is 0 Å². The Labute approximate surface area is 198 Å². The van der Waals surface area contributed by atoms with Gasteiger partial charge in [0.2, 0.25) is 15.8 Å². The van der Waals surface area contributed by atoms with Crippen LogP contribution >= 0.6 is 11.6 Å². The average molecular weight is 486 g/mol. The molecule has 8 heteroatoms. The Morgan fingerprint density at radius 2 is 1.45 bits per heavy atom. The largest absolute Gasteiger partial charge is 0.445 e. The average Bonchev–Trinajstić information content (AvgIpc) is 2.83. The predicted molar refractivity (Wildman–Crippen MR) is 127 cm³/mol. The molecule has 3 aromatic rings. The molecular weight excluding hydrogens is 462 g/mol. The van der Waals surface area contributed by atoms with Crippen molar-refractivity contribution >= 4 is 33.4 Å². The van der Waals surface area contributed by atoms with Crippen molar-refractivity contribution in [3.8, 4) is 0 Å². The monoisotopic (exact) mass is 485 g/mol. The third-order valence-electron chi connectivity index (χ3n) is 5.11. The molecule has 0 fully saturated rings. The van der Waals surface area contributed by atoms with E-state index in [1.807, 2.05) is 0 Å². The summed E-state index contributed by atoms with van der Waals surface area (Å²) in [5, 5.41) is -0.00146. The van der Waals surface area contributed by atoms with E-state index in [0.717, 1.165) is 0 Å². The summed E-state index contributed by atoms with van der Waals surface area (Å²) >= 11 is 6.16. The van der Waals surface area contributed by atoms with Crippen LogP contribution in [0.25, 0.3) is 0 Å². The molecule has 172 valence electrons. The van der Waals surface area contributed by atoms with Crippen LogP contribution < -0.4 is 0 Å². The molecule has 0 saturated carbocycles. The first kappa shape index (κ1) is 24.6. The van der Waals surface area contributed by atoms with Crippen LogP contribution in [0.4, 0.5) is 0 Å². The maximum atomic E-state index is 13.2. The van der Waals surface area contributed by atoms with Gasteiger partial charge in [-0.05, 0) is 18.2 Å². The molecule has 0 aliphatic rings. The summed E-state index contributed by atoms with van der Waals surface area (Å²) in [6.45, 7) is 3.94. The molecule has 0 saturated heterocycles. The summed E-state index contributed by atoms with van der Waals surface area (Å²) < 4.78 is 32.8. The predicted octanol–water partition coefficient (Wildman–Crippen LogP) is 5.15. The SMILES string of the molecule is CCN(CC)S(=O)(=O)c1cc(C(=O)OC(C(=O)c2ccccc2)c2ccccc2)ccc1Cl. The Kier molecular flexibility index (Phi) is 8.02. The fourth-order valence-electron chi connectivity index (χ4n) is 3.36. The number of carbonyl (C=O) groups is 2. The van der Waals surface area contributed by atoms with E-state index in [1.165, 1.54) is 22.5 Å². The van der Waals surface area contributed by atoms with Crippen molar-refractivity contribution in [1.82, 2.24) is 4.31 Å². The molecular formula is C25H24ClNO5S. The lowest BCUT2D eigenvalue weighted by Gasteiger charge is -2.20. The van der Waals surface area contributed by atoms with E-state index >= 15 is 0 Å². The third-order valence-corrected chi connectivity index (χ3v) is 7.65. The molecule has 1 atom stereocenters. The van der Waals surface area contributed by atoms with E-state index in [0.29, 0.717) is 11.1 Å². The topological polar surface area (TPSA) is 80.8 Å². The molecule has 6 nitrogen and oxygen atoms in total. The van der Waals surface area contributed by atoms with Crippen molar-refractivity contribution in [2.75, 3.05) is 13.1 Å². The molecule has 0 aliphatic heterocycles. The normalized spacial score (nSPS) is 12.4. The van der Waals surface area contributed by atoms with Gasteiger partial charge in [0.1, 0.15) is 4.90 Å². The van der Waals surface area contributed by atoms with Gasteiger partial charge in [0.15, 0.2) is 6.10 Å². The van der Waals surface area contributed by atoms with Gasteiger partial charge in [0, 0.05) is 24.2 Å². The van der Waals surface area contributed by atoms with E-state index < -0.39 is 22.1 Å². The Bertz CT molecular complexity index is 1230. The number of nitrogens with zero attached hydrogens (tertiary/aromatic N) is 1. The van der Waals surface area contributed by atoms with Gasteiger partial charge in [-0.2, -0.15) is 4.31 Å². The highest BCUT2D eigenvalue weighted by Gasteiger charge is 2.29. The molecule has 33 heavy (non-hydrogen) atoms. The quantitative estimate of drug-likeness (QED) is 0.309. The maximum Gasteiger partial charge on any atom is 0.339 e. The van der Waals surface area contributed by atoms with Crippen molar-refractivity contribution in [1.29, 1.82) is 0 Å². The van der Waals surface area contributed by atoms with Gasteiger partial charge < -0.3 is 4.74 Å². The maximum absolute atomic E-state index is 13.2. The number of hydrogen-bond donors (Lipinski definition) is 0. The number of Topliss-reactive ketones (excluding diaryl/α,β-unsaturated/α-hetero) is 1. The number of carbonyl (C=O) groups excluding carboxylic acids is 2. The Morgan fingerprint density at radius 1 is 0.879 bits per heavy atom. The molecule has 0 radical (unpaired) electrons. The molecule has 1 unspecified atom stereocenters. The summed E-state index contributed by atoms with van der Waals surface area (Å²) in [5.41, 5.74) is 0.872. The van der Waals surface area contributed by atoms with Crippen molar-refractivity contribution in [3.63, 3.8) is 0 Å². The zero-order valence-corrected chi connectivity index (χ0v) is 19.8. The van der Waals surface area contributed by atoms with Crippen molar-refractivity contribution in [3.05, 3.63) is 101 Å². The number of ether oxygens (including phenoxy) is 1. The summed E-state index contributed by atoms with van der Waals surface area (Å²) in [6.07, 6.45) is -1.19. The first-order chi connectivity index (χ1) is 15.8. The number of ketones is 1. The lowest BCUT2D eigenvalue weighted by molar-refractivity contribution is 0.0280. The van der Waals surface area contributed by atoms with E-state index in [1.54, 1.807) is 74.5 Å². The van der Waals surface area contributed by atoms with Crippen molar-refractivity contribution in [2.45, 2.75) is 24.8 Å². The molecule has 0 bridgehead atoms. The molecule has 0 heterocycles. The molecule has 3 rings (SSSR count). The number of sulfonamides is 1. The third kappa shape index (κ3) is 5.50. The number of benzene rings is 3. The standard InChI is InChI=1S/C25H24ClNO5S/c1-3-27(4-2)33(30,31)22-17-20(15-16-21(22)26)25(29)32-24(19-13-9-6-10-14-19)23(28)18-11-7-5-8-12-18/h5-17,24H,3-4H2,1-2H3. The summed E-state index contributed by atoms with van der Waals surface area (Å²) in [4.78, 5) is 26.0. The zero-order valence-electron chi connectivity index (χ0n) is 18.3. The van der Waals surface area contributed by atoms with E-state index in [9.17, 15) is 18.0 Å². The second-order valence-electron chi connectivity index (χ2n) is 7.16. The number of hydrogen-bond acceptors (Lipinski definition) is 5. The highest BCUT2D eigenvalue weighted by atomic mass is 35.5. The van der Waals surface area contributed by atoms with Crippen LogP contribution in [-0.2, 0) is 14.8 Å². The molecule has 0 N–H and O–H groups in total. The van der Waals surface area contributed by atoms with Crippen LogP contribution in [0.5, 0.6) is 0 Å². The van der Waals surface area contributed by atoms with Gasteiger partial charge >= 0.3 is 5.97 Å². The van der Waals surface area contributed by atoms with Crippen LogP contribution in [0, 0.1) is 0 Å². The van der Waals surface area contributed by atoms with Gasteiger partial charge in [-0.25, -0.2) is 13.2 Å².